The van der Waals surface area contributed by atoms with E-state index in [0.717, 1.165) is 0 Å². The monoisotopic (exact) mass is 522 g/mol. The molecule has 0 bridgehead atoms. The standard InChI is InChI=1S/C29H34O7Si/c1-4-34-37(35-5-2,36-6-3)19-13-18-23-28(32)24(26(30)21-14-9-7-10-15-21)20-25(29(23)33)27(31)22-16-11-8-12-17-22/h7-12,14-17,20,32-33H,4-6,13,18-19H2,1-3H3. The lowest BCUT2D eigenvalue weighted by Crippen LogP contribution is -2.46. The lowest BCUT2D eigenvalue weighted by molar-refractivity contribution is 0.0707. The molecule has 0 aliphatic rings. The first-order valence-electron chi connectivity index (χ1n) is 12.6. The van der Waals surface area contributed by atoms with Gasteiger partial charge in [0.05, 0.1) is 11.1 Å². The highest BCUT2D eigenvalue weighted by Gasteiger charge is 2.40. The maximum atomic E-state index is 13.3. The van der Waals surface area contributed by atoms with Crippen LogP contribution in [0.5, 0.6) is 11.5 Å². The van der Waals surface area contributed by atoms with Gasteiger partial charge in [0.15, 0.2) is 11.6 Å². The molecule has 0 saturated carbocycles. The van der Waals surface area contributed by atoms with Crippen LogP contribution in [0.4, 0.5) is 0 Å². The molecule has 3 aromatic rings. The molecule has 0 aliphatic heterocycles. The number of aromatic hydroxyl groups is 2. The van der Waals surface area contributed by atoms with E-state index in [2.05, 4.69) is 0 Å². The van der Waals surface area contributed by atoms with Crippen LogP contribution in [0.25, 0.3) is 0 Å². The molecule has 0 spiro atoms. The van der Waals surface area contributed by atoms with E-state index < -0.39 is 20.4 Å². The van der Waals surface area contributed by atoms with Gasteiger partial charge in [0.1, 0.15) is 11.5 Å². The Morgan fingerprint density at radius 3 is 1.49 bits per heavy atom. The van der Waals surface area contributed by atoms with Gasteiger partial charge in [-0.05, 0) is 39.7 Å². The smallest absolute Gasteiger partial charge is 0.500 e. The summed E-state index contributed by atoms with van der Waals surface area (Å²) in [4.78, 5) is 26.6. The van der Waals surface area contributed by atoms with E-state index in [1.165, 1.54) is 6.07 Å². The van der Waals surface area contributed by atoms with E-state index in [1.807, 2.05) is 20.8 Å². The number of hydrogen-bond acceptors (Lipinski definition) is 7. The number of hydrogen-bond donors (Lipinski definition) is 2. The number of ketones is 2. The van der Waals surface area contributed by atoms with Crippen LogP contribution in [0.2, 0.25) is 6.04 Å². The highest BCUT2D eigenvalue weighted by molar-refractivity contribution is 6.60. The zero-order valence-corrected chi connectivity index (χ0v) is 22.5. The van der Waals surface area contributed by atoms with Crippen molar-refractivity contribution in [2.24, 2.45) is 0 Å². The van der Waals surface area contributed by atoms with Gasteiger partial charge in [-0.3, -0.25) is 9.59 Å². The Balaban J connectivity index is 2.03. The normalized spacial score (nSPS) is 11.4. The lowest BCUT2D eigenvalue weighted by Gasteiger charge is -2.28. The van der Waals surface area contributed by atoms with Crippen molar-refractivity contribution in [1.82, 2.24) is 0 Å². The quantitative estimate of drug-likeness (QED) is 0.212. The van der Waals surface area contributed by atoms with Gasteiger partial charge in [-0.25, -0.2) is 0 Å². The third-order valence-corrected chi connectivity index (χ3v) is 9.09. The van der Waals surface area contributed by atoms with Crippen molar-refractivity contribution in [2.75, 3.05) is 19.8 Å². The van der Waals surface area contributed by atoms with Crippen molar-refractivity contribution >= 4 is 20.4 Å². The van der Waals surface area contributed by atoms with E-state index in [0.29, 0.717) is 43.4 Å². The Hall–Kier alpha value is -3.30. The van der Waals surface area contributed by atoms with Crippen LogP contribution in [0.15, 0.2) is 66.7 Å². The molecule has 196 valence electrons. The molecule has 8 heteroatoms. The molecule has 37 heavy (non-hydrogen) atoms. The lowest BCUT2D eigenvalue weighted by atomic mass is 9.91. The Bertz CT molecular complexity index is 1100. The second-order valence-corrected chi connectivity index (χ2v) is 11.1. The molecule has 0 saturated heterocycles. The molecule has 7 nitrogen and oxygen atoms in total. The number of phenols is 2. The van der Waals surface area contributed by atoms with Gasteiger partial charge in [-0.1, -0.05) is 60.7 Å². The minimum atomic E-state index is -2.96. The topological polar surface area (TPSA) is 102 Å². The Morgan fingerprint density at radius 1 is 0.703 bits per heavy atom. The van der Waals surface area contributed by atoms with Gasteiger partial charge >= 0.3 is 8.80 Å². The molecule has 2 N–H and O–H groups in total. The summed E-state index contributed by atoms with van der Waals surface area (Å²) in [5, 5.41) is 22.3. The zero-order valence-electron chi connectivity index (χ0n) is 21.5. The summed E-state index contributed by atoms with van der Waals surface area (Å²) in [5.41, 5.74) is 0.780. The average Bonchev–Trinajstić information content (AvgIpc) is 2.91. The number of benzene rings is 3. The highest BCUT2D eigenvalue weighted by Crippen LogP contribution is 2.38. The van der Waals surface area contributed by atoms with Gasteiger partial charge in [0.25, 0.3) is 0 Å². The van der Waals surface area contributed by atoms with Crippen molar-refractivity contribution in [3.63, 3.8) is 0 Å². The van der Waals surface area contributed by atoms with Crippen molar-refractivity contribution < 1.29 is 33.1 Å². The third kappa shape index (κ3) is 6.72. The SMILES string of the molecule is CCO[Si](CCCc1c(O)c(C(=O)c2ccccc2)cc(C(=O)c2ccccc2)c1O)(OCC)OCC. The second-order valence-electron chi connectivity index (χ2n) is 8.37. The summed E-state index contributed by atoms with van der Waals surface area (Å²) in [5.74, 6) is -1.56. The molecule has 0 heterocycles. The first-order valence-corrected chi connectivity index (χ1v) is 14.5. The minimum absolute atomic E-state index is 0.0405. The van der Waals surface area contributed by atoms with Crippen LogP contribution in [-0.2, 0) is 19.7 Å². The van der Waals surface area contributed by atoms with Gasteiger partial charge < -0.3 is 23.5 Å². The molecular weight excluding hydrogens is 488 g/mol. The number of rotatable bonds is 14. The van der Waals surface area contributed by atoms with Crippen LogP contribution in [0.3, 0.4) is 0 Å². The summed E-state index contributed by atoms with van der Waals surface area (Å²) < 4.78 is 17.7. The molecule has 0 amide bonds. The van der Waals surface area contributed by atoms with E-state index in [9.17, 15) is 19.8 Å². The molecule has 3 aromatic carbocycles. The van der Waals surface area contributed by atoms with Crippen molar-refractivity contribution in [3.05, 3.63) is 94.5 Å². The Morgan fingerprint density at radius 2 is 1.11 bits per heavy atom. The molecule has 0 unspecified atom stereocenters. The van der Waals surface area contributed by atoms with Gasteiger partial charge in [-0.2, -0.15) is 0 Å². The number of phenolic OH excluding ortho intramolecular Hbond substituents is 2. The molecular formula is C29H34O7Si. The van der Waals surface area contributed by atoms with Crippen LogP contribution in [-0.4, -0.2) is 50.4 Å². The Labute approximate surface area is 219 Å². The van der Waals surface area contributed by atoms with E-state index >= 15 is 0 Å². The molecule has 0 fully saturated rings. The van der Waals surface area contributed by atoms with Crippen molar-refractivity contribution in [3.8, 4) is 11.5 Å². The van der Waals surface area contributed by atoms with Crippen LogP contribution < -0.4 is 0 Å². The van der Waals surface area contributed by atoms with Crippen LogP contribution in [0, 0.1) is 0 Å². The molecule has 0 atom stereocenters. The second kappa shape index (κ2) is 13.3. The Kier molecular flexibility index (Phi) is 10.2. The van der Waals surface area contributed by atoms with E-state index in [1.54, 1.807) is 60.7 Å². The maximum Gasteiger partial charge on any atom is 0.500 e. The van der Waals surface area contributed by atoms with Crippen LogP contribution >= 0.6 is 0 Å². The first kappa shape index (κ1) is 28.3. The maximum absolute atomic E-state index is 13.3. The largest absolute Gasteiger partial charge is 0.507 e. The summed E-state index contributed by atoms with van der Waals surface area (Å²) in [6.45, 7) is 6.91. The molecule has 0 aliphatic carbocycles. The molecule has 0 aromatic heterocycles. The summed E-state index contributed by atoms with van der Waals surface area (Å²) in [6, 6.07) is 18.7. The van der Waals surface area contributed by atoms with Crippen molar-refractivity contribution in [2.45, 2.75) is 39.7 Å². The summed E-state index contributed by atoms with van der Waals surface area (Å²) in [7, 11) is -2.96. The number of carbonyl (C=O) groups excluding carboxylic acids is 2. The highest BCUT2D eigenvalue weighted by atomic mass is 28.4. The fourth-order valence-corrected chi connectivity index (χ4v) is 6.89. The summed E-state index contributed by atoms with van der Waals surface area (Å²) in [6.07, 6.45) is 0.625. The van der Waals surface area contributed by atoms with Gasteiger partial charge in [0, 0.05) is 42.6 Å². The average molecular weight is 523 g/mol. The minimum Gasteiger partial charge on any atom is -0.507 e. The van der Waals surface area contributed by atoms with Gasteiger partial charge in [-0.15, -0.1) is 0 Å². The van der Waals surface area contributed by atoms with E-state index in [4.69, 9.17) is 13.3 Å². The fourth-order valence-electron chi connectivity index (χ4n) is 4.27. The molecule has 3 rings (SSSR count). The predicted molar refractivity (Wildman–Crippen MR) is 143 cm³/mol. The van der Waals surface area contributed by atoms with Crippen molar-refractivity contribution in [1.29, 1.82) is 0 Å². The number of carbonyl (C=O) groups is 2. The van der Waals surface area contributed by atoms with E-state index in [-0.39, 0.29) is 34.6 Å². The first-order chi connectivity index (χ1) is 17.9. The predicted octanol–water partition coefficient (Wildman–Crippen LogP) is 5.54. The summed E-state index contributed by atoms with van der Waals surface area (Å²) >= 11 is 0. The zero-order chi connectivity index (χ0) is 26.8. The van der Waals surface area contributed by atoms with Crippen LogP contribution in [0.1, 0.15) is 64.6 Å². The molecule has 0 radical (unpaired) electrons. The van der Waals surface area contributed by atoms with Gasteiger partial charge in [0.2, 0.25) is 0 Å². The third-order valence-electron chi connectivity index (χ3n) is 5.93. The fraction of sp³-hybridized carbons (Fsp3) is 0.310.